The Morgan fingerprint density at radius 2 is 2.00 bits per heavy atom. The second kappa shape index (κ2) is 8.10. The van der Waals surface area contributed by atoms with Crippen molar-refractivity contribution in [3.63, 3.8) is 0 Å². The minimum absolute atomic E-state index is 0. The monoisotopic (exact) mass is 309 g/mol. The van der Waals surface area contributed by atoms with Crippen molar-refractivity contribution in [2.24, 2.45) is 0 Å². The van der Waals surface area contributed by atoms with Crippen LogP contribution in [-0.4, -0.2) is 48.6 Å². The number of halogens is 2. The van der Waals surface area contributed by atoms with Crippen molar-refractivity contribution in [2.75, 3.05) is 26.2 Å². The van der Waals surface area contributed by atoms with Crippen LogP contribution in [0, 0.1) is 0 Å². The molecule has 2 aliphatic rings. The number of likely N-dealkylation sites (tertiary alicyclic amines) is 1. The molecule has 1 amide bonds. The molecule has 1 saturated heterocycles. The average Bonchev–Trinajstić information content (AvgIpc) is 2.85. The number of carbonyl (C=O) groups excluding carboxylic acids is 1. The van der Waals surface area contributed by atoms with Crippen molar-refractivity contribution in [2.45, 2.75) is 38.3 Å². The first-order valence-electron chi connectivity index (χ1n) is 6.51. The fraction of sp³-hybridized carbons (Fsp3) is 0.769. The Bertz CT molecular complexity index is 315. The molecular formula is C13H25Cl2N3O. The fourth-order valence-electron chi connectivity index (χ4n) is 2.60. The van der Waals surface area contributed by atoms with Gasteiger partial charge in [-0.15, -0.1) is 24.8 Å². The third-order valence-corrected chi connectivity index (χ3v) is 3.35. The van der Waals surface area contributed by atoms with Crippen LogP contribution in [0.25, 0.3) is 0 Å². The Kier molecular flexibility index (Phi) is 7.98. The number of nitrogens with zero attached hydrogens (tertiary/aromatic N) is 1. The summed E-state index contributed by atoms with van der Waals surface area (Å²) in [5.41, 5.74) is -0.153. The van der Waals surface area contributed by atoms with E-state index >= 15 is 0 Å². The van der Waals surface area contributed by atoms with Crippen molar-refractivity contribution in [3.8, 4) is 0 Å². The van der Waals surface area contributed by atoms with E-state index in [9.17, 15) is 4.79 Å². The summed E-state index contributed by atoms with van der Waals surface area (Å²) in [6.07, 6.45) is 6.51. The molecule has 2 heterocycles. The van der Waals surface area contributed by atoms with E-state index in [1.165, 1.54) is 25.9 Å². The highest BCUT2D eigenvalue weighted by molar-refractivity contribution is 5.85. The van der Waals surface area contributed by atoms with Gasteiger partial charge in [0.15, 0.2) is 0 Å². The van der Waals surface area contributed by atoms with Gasteiger partial charge in [-0.1, -0.05) is 12.2 Å². The number of hydrogen-bond acceptors (Lipinski definition) is 3. The van der Waals surface area contributed by atoms with Crippen molar-refractivity contribution in [1.29, 1.82) is 0 Å². The summed E-state index contributed by atoms with van der Waals surface area (Å²) in [5, 5.41) is 6.27. The number of amides is 1. The van der Waals surface area contributed by atoms with Crippen molar-refractivity contribution in [3.05, 3.63) is 12.2 Å². The quantitative estimate of drug-likeness (QED) is 0.771. The van der Waals surface area contributed by atoms with Gasteiger partial charge in [-0.25, -0.2) is 0 Å². The lowest BCUT2D eigenvalue weighted by atomic mass is 10.0. The van der Waals surface area contributed by atoms with Gasteiger partial charge in [0, 0.05) is 18.6 Å². The number of rotatable bonds is 4. The van der Waals surface area contributed by atoms with Crippen LogP contribution in [0.5, 0.6) is 0 Å². The van der Waals surface area contributed by atoms with Crippen LogP contribution in [-0.2, 0) is 4.79 Å². The van der Waals surface area contributed by atoms with E-state index in [1.807, 2.05) is 12.2 Å². The number of hydrogen-bond donors (Lipinski definition) is 2. The zero-order valence-corrected chi connectivity index (χ0v) is 13.3. The normalized spacial score (nSPS) is 22.7. The first-order chi connectivity index (χ1) is 8.07. The van der Waals surface area contributed by atoms with Crippen molar-refractivity contribution >= 4 is 30.7 Å². The average molecular weight is 310 g/mol. The van der Waals surface area contributed by atoms with Gasteiger partial charge in [0.1, 0.15) is 6.04 Å². The maximum Gasteiger partial charge on any atom is 0.241 e. The molecule has 2 aliphatic heterocycles. The van der Waals surface area contributed by atoms with Crippen LogP contribution < -0.4 is 10.6 Å². The van der Waals surface area contributed by atoms with E-state index in [0.29, 0.717) is 0 Å². The topological polar surface area (TPSA) is 44.4 Å². The molecule has 0 aromatic rings. The maximum atomic E-state index is 12.0. The van der Waals surface area contributed by atoms with Gasteiger partial charge < -0.3 is 10.2 Å². The van der Waals surface area contributed by atoms with Gasteiger partial charge in [-0.3, -0.25) is 10.1 Å². The molecule has 112 valence electrons. The molecule has 19 heavy (non-hydrogen) atoms. The molecule has 0 aromatic carbocycles. The van der Waals surface area contributed by atoms with E-state index in [4.69, 9.17) is 0 Å². The van der Waals surface area contributed by atoms with Gasteiger partial charge in [-0.2, -0.15) is 0 Å². The largest absolute Gasteiger partial charge is 0.348 e. The molecule has 0 saturated carbocycles. The summed E-state index contributed by atoms with van der Waals surface area (Å²) in [7, 11) is 0. The molecule has 0 radical (unpaired) electrons. The zero-order chi connectivity index (χ0) is 12.3. The van der Waals surface area contributed by atoms with Gasteiger partial charge in [0.25, 0.3) is 0 Å². The third-order valence-electron chi connectivity index (χ3n) is 3.35. The summed E-state index contributed by atoms with van der Waals surface area (Å²) in [4.78, 5) is 14.4. The first kappa shape index (κ1) is 18.7. The predicted molar refractivity (Wildman–Crippen MR) is 83.3 cm³/mol. The molecule has 0 bridgehead atoms. The molecule has 1 unspecified atom stereocenters. The van der Waals surface area contributed by atoms with Crippen molar-refractivity contribution in [1.82, 2.24) is 15.5 Å². The number of carbonyl (C=O) groups is 1. The fourth-order valence-corrected chi connectivity index (χ4v) is 2.60. The minimum Gasteiger partial charge on any atom is -0.348 e. The van der Waals surface area contributed by atoms with Crippen molar-refractivity contribution < 1.29 is 4.79 Å². The second-order valence-electron chi connectivity index (χ2n) is 5.67. The van der Waals surface area contributed by atoms with E-state index in [1.54, 1.807) is 0 Å². The SMILES string of the molecule is CC(C)(CN1CCCC1)NC(=O)C1C=CCN1.Cl.Cl. The van der Waals surface area contributed by atoms with Gasteiger partial charge in [-0.05, 0) is 39.8 Å². The van der Waals surface area contributed by atoms with E-state index in [2.05, 4.69) is 29.4 Å². The molecular weight excluding hydrogens is 285 g/mol. The lowest BCUT2D eigenvalue weighted by Crippen LogP contribution is -2.55. The maximum absolute atomic E-state index is 12.0. The molecule has 1 atom stereocenters. The predicted octanol–water partition coefficient (Wildman–Crippen LogP) is 1.35. The summed E-state index contributed by atoms with van der Waals surface area (Å²) in [5.74, 6) is 0.0861. The Labute approximate surface area is 128 Å². The first-order valence-corrected chi connectivity index (χ1v) is 6.51. The van der Waals surface area contributed by atoms with E-state index < -0.39 is 0 Å². The summed E-state index contributed by atoms with van der Waals surface area (Å²) >= 11 is 0. The highest BCUT2D eigenvalue weighted by atomic mass is 35.5. The van der Waals surface area contributed by atoms with Crippen LogP contribution >= 0.6 is 24.8 Å². The highest BCUT2D eigenvalue weighted by Crippen LogP contribution is 2.13. The highest BCUT2D eigenvalue weighted by Gasteiger charge is 2.28. The molecule has 0 aromatic heterocycles. The lowest BCUT2D eigenvalue weighted by Gasteiger charge is -2.32. The van der Waals surface area contributed by atoms with Gasteiger partial charge in [0.05, 0.1) is 0 Å². The lowest BCUT2D eigenvalue weighted by molar-refractivity contribution is -0.123. The second-order valence-corrected chi connectivity index (χ2v) is 5.67. The molecule has 2 rings (SSSR count). The van der Waals surface area contributed by atoms with Gasteiger partial charge >= 0.3 is 0 Å². The third kappa shape index (κ3) is 5.69. The van der Waals surface area contributed by atoms with E-state index in [-0.39, 0.29) is 42.3 Å². The van der Waals surface area contributed by atoms with Crippen LogP contribution in [0.15, 0.2) is 12.2 Å². The number of nitrogens with one attached hydrogen (secondary N) is 2. The van der Waals surface area contributed by atoms with Crippen LogP contribution in [0.3, 0.4) is 0 Å². The van der Waals surface area contributed by atoms with Gasteiger partial charge in [0.2, 0.25) is 5.91 Å². The Morgan fingerprint density at radius 3 is 2.53 bits per heavy atom. The minimum atomic E-state index is -0.153. The summed E-state index contributed by atoms with van der Waals surface area (Å²) in [6.45, 7) is 8.27. The van der Waals surface area contributed by atoms with Crippen LogP contribution in [0.4, 0.5) is 0 Å². The molecule has 1 fully saturated rings. The molecule has 6 heteroatoms. The Hall–Kier alpha value is -0.290. The molecule has 2 N–H and O–H groups in total. The summed E-state index contributed by atoms with van der Waals surface area (Å²) in [6, 6.07) is -0.146. The zero-order valence-electron chi connectivity index (χ0n) is 11.6. The van der Waals surface area contributed by atoms with E-state index in [0.717, 1.165) is 13.1 Å². The standard InChI is InChI=1S/C13H23N3O.2ClH/c1-13(2,10-16-8-3-4-9-16)15-12(17)11-6-5-7-14-11;;/h5-6,11,14H,3-4,7-10H2,1-2H3,(H,15,17);2*1H. The summed E-state index contributed by atoms with van der Waals surface area (Å²) < 4.78 is 0. The molecule has 0 aliphatic carbocycles. The Morgan fingerprint density at radius 1 is 1.37 bits per heavy atom. The molecule has 0 spiro atoms. The molecule has 4 nitrogen and oxygen atoms in total. The Balaban J connectivity index is 0.00000162. The smallest absolute Gasteiger partial charge is 0.241 e. The van der Waals surface area contributed by atoms with Crippen LogP contribution in [0.2, 0.25) is 0 Å². The van der Waals surface area contributed by atoms with Crippen LogP contribution in [0.1, 0.15) is 26.7 Å².